The Morgan fingerprint density at radius 2 is 2.00 bits per heavy atom. The number of sulfonamides is 1. The summed E-state index contributed by atoms with van der Waals surface area (Å²) in [7, 11) is -3.83. The third kappa shape index (κ3) is 3.21. The van der Waals surface area contributed by atoms with Crippen molar-refractivity contribution in [3.05, 3.63) is 18.2 Å². The summed E-state index contributed by atoms with van der Waals surface area (Å²) in [5.74, 6) is 0. The number of anilines is 2. The highest BCUT2D eigenvalue weighted by molar-refractivity contribution is 7.89. The van der Waals surface area contributed by atoms with Crippen LogP contribution in [0.5, 0.6) is 0 Å². The SMILES string of the molecule is Nc1cc(NC2(CO)CCOCC2)ccc1S(N)(=O)=O. The molecule has 0 aromatic heterocycles. The minimum Gasteiger partial charge on any atom is -0.398 e. The fourth-order valence-electron chi connectivity index (χ4n) is 2.28. The molecule has 0 bridgehead atoms. The first-order valence-electron chi connectivity index (χ1n) is 6.25. The summed E-state index contributed by atoms with van der Waals surface area (Å²) < 4.78 is 27.9. The number of nitrogens with one attached hydrogen (secondary N) is 1. The number of hydrogen-bond donors (Lipinski definition) is 4. The highest BCUT2D eigenvalue weighted by atomic mass is 32.2. The van der Waals surface area contributed by atoms with E-state index in [0.717, 1.165) is 0 Å². The van der Waals surface area contributed by atoms with Gasteiger partial charge in [0.25, 0.3) is 0 Å². The number of aliphatic hydroxyl groups is 1. The number of ether oxygens (including phenoxy) is 1. The van der Waals surface area contributed by atoms with Crippen molar-refractivity contribution < 1.29 is 18.3 Å². The summed E-state index contributed by atoms with van der Waals surface area (Å²) in [6, 6.07) is 4.45. The molecular weight excluding hydrogens is 282 g/mol. The molecule has 1 heterocycles. The van der Waals surface area contributed by atoms with Gasteiger partial charge in [0, 0.05) is 18.9 Å². The van der Waals surface area contributed by atoms with E-state index in [9.17, 15) is 13.5 Å². The van der Waals surface area contributed by atoms with Gasteiger partial charge in [-0.2, -0.15) is 0 Å². The number of benzene rings is 1. The summed E-state index contributed by atoms with van der Waals surface area (Å²) in [6.45, 7) is 1.10. The molecule has 0 unspecified atom stereocenters. The van der Waals surface area contributed by atoms with Crippen LogP contribution < -0.4 is 16.2 Å². The number of nitrogens with two attached hydrogens (primary N) is 2. The second-order valence-electron chi connectivity index (χ2n) is 4.97. The quantitative estimate of drug-likeness (QED) is 0.574. The van der Waals surface area contributed by atoms with Crippen molar-refractivity contribution in [2.24, 2.45) is 5.14 Å². The number of primary sulfonamides is 1. The van der Waals surface area contributed by atoms with Crippen molar-refractivity contribution in [2.45, 2.75) is 23.3 Å². The zero-order valence-electron chi connectivity index (χ0n) is 11.0. The van der Waals surface area contributed by atoms with Crippen LogP contribution in [-0.2, 0) is 14.8 Å². The molecule has 7 nitrogen and oxygen atoms in total. The fourth-order valence-corrected chi connectivity index (χ4v) is 2.92. The lowest BCUT2D eigenvalue weighted by Crippen LogP contribution is -2.46. The van der Waals surface area contributed by atoms with Crippen LogP contribution in [0.25, 0.3) is 0 Å². The molecule has 0 aliphatic carbocycles. The Morgan fingerprint density at radius 3 is 2.50 bits per heavy atom. The first-order chi connectivity index (χ1) is 9.36. The number of hydrogen-bond acceptors (Lipinski definition) is 6. The van der Waals surface area contributed by atoms with E-state index in [4.69, 9.17) is 15.6 Å². The van der Waals surface area contributed by atoms with Crippen molar-refractivity contribution in [3.63, 3.8) is 0 Å². The van der Waals surface area contributed by atoms with Crippen LogP contribution >= 0.6 is 0 Å². The summed E-state index contributed by atoms with van der Waals surface area (Å²) >= 11 is 0. The zero-order valence-corrected chi connectivity index (χ0v) is 11.8. The van der Waals surface area contributed by atoms with Crippen LogP contribution in [0.1, 0.15) is 12.8 Å². The monoisotopic (exact) mass is 301 g/mol. The second-order valence-corrected chi connectivity index (χ2v) is 6.50. The largest absolute Gasteiger partial charge is 0.398 e. The van der Waals surface area contributed by atoms with Gasteiger partial charge in [-0.05, 0) is 31.0 Å². The van der Waals surface area contributed by atoms with Crippen molar-refractivity contribution in [1.29, 1.82) is 0 Å². The highest BCUT2D eigenvalue weighted by Gasteiger charge is 2.31. The average Bonchev–Trinajstić information content (AvgIpc) is 2.38. The van der Waals surface area contributed by atoms with Gasteiger partial charge in [-0.25, -0.2) is 13.6 Å². The van der Waals surface area contributed by atoms with Gasteiger partial charge in [-0.15, -0.1) is 0 Å². The molecule has 0 amide bonds. The van der Waals surface area contributed by atoms with Gasteiger partial charge in [0.1, 0.15) is 4.90 Å². The van der Waals surface area contributed by atoms with Crippen molar-refractivity contribution in [2.75, 3.05) is 30.9 Å². The molecule has 20 heavy (non-hydrogen) atoms. The Bertz CT molecular complexity index is 582. The summed E-state index contributed by atoms with van der Waals surface area (Å²) in [5, 5.41) is 17.9. The minimum absolute atomic E-state index is 0.0345. The summed E-state index contributed by atoms with van der Waals surface area (Å²) in [5.41, 5.74) is 5.97. The smallest absolute Gasteiger partial charge is 0.240 e. The van der Waals surface area contributed by atoms with E-state index < -0.39 is 15.6 Å². The molecule has 0 saturated carbocycles. The third-order valence-electron chi connectivity index (χ3n) is 3.48. The lowest BCUT2D eigenvalue weighted by atomic mass is 9.90. The molecule has 1 aliphatic heterocycles. The number of nitrogen functional groups attached to an aromatic ring is 1. The van der Waals surface area contributed by atoms with Crippen LogP contribution in [0.15, 0.2) is 23.1 Å². The molecule has 112 valence electrons. The van der Waals surface area contributed by atoms with E-state index in [0.29, 0.717) is 31.7 Å². The Kier molecular flexibility index (Phi) is 4.19. The van der Waals surface area contributed by atoms with Gasteiger partial charge >= 0.3 is 0 Å². The standard InChI is InChI=1S/C12H19N3O4S/c13-10-7-9(1-2-11(10)20(14,17)18)15-12(8-16)3-5-19-6-4-12/h1-2,7,15-16H,3-6,8,13H2,(H2,14,17,18). The van der Waals surface area contributed by atoms with Gasteiger partial charge in [-0.1, -0.05) is 0 Å². The maximum Gasteiger partial charge on any atom is 0.240 e. The van der Waals surface area contributed by atoms with Gasteiger partial charge in [-0.3, -0.25) is 0 Å². The molecule has 6 N–H and O–H groups in total. The number of rotatable bonds is 4. The van der Waals surface area contributed by atoms with E-state index in [-0.39, 0.29) is 17.2 Å². The van der Waals surface area contributed by atoms with Gasteiger partial charge in [0.05, 0.1) is 17.8 Å². The molecule has 2 rings (SSSR count). The molecule has 1 aliphatic rings. The van der Waals surface area contributed by atoms with Crippen molar-refractivity contribution >= 4 is 21.4 Å². The van der Waals surface area contributed by atoms with Crippen LogP contribution in [0.4, 0.5) is 11.4 Å². The summed E-state index contributed by atoms with van der Waals surface area (Å²) in [4.78, 5) is -0.104. The molecular formula is C12H19N3O4S. The number of aliphatic hydroxyl groups excluding tert-OH is 1. The third-order valence-corrected chi connectivity index (χ3v) is 4.46. The molecule has 0 spiro atoms. The molecule has 1 aromatic carbocycles. The van der Waals surface area contributed by atoms with E-state index >= 15 is 0 Å². The van der Waals surface area contributed by atoms with Crippen molar-refractivity contribution in [1.82, 2.24) is 0 Å². The average molecular weight is 301 g/mol. The van der Waals surface area contributed by atoms with Gasteiger partial charge in [0.2, 0.25) is 10.0 Å². The molecule has 0 atom stereocenters. The van der Waals surface area contributed by atoms with E-state index in [2.05, 4.69) is 5.32 Å². The Hall–Kier alpha value is -1.35. The molecule has 1 aromatic rings. The van der Waals surface area contributed by atoms with E-state index in [1.54, 1.807) is 6.07 Å². The predicted octanol–water partition coefficient (Wildman–Crippen LogP) is -0.130. The first-order valence-corrected chi connectivity index (χ1v) is 7.80. The molecule has 0 radical (unpaired) electrons. The molecule has 8 heteroatoms. The second kappa shape index (κ2) is 5.57. The van der Waals surface area contributed by atoms with Gasteiger partial charge < -0.3 is 20.9 Å². The maximum atomic E-state index is 11.3. The van der Waals surface area contributed by atoms with Gasteiger partial charge in [0.15, 0.2) is 0 Å². The van der Waals surface area contributed by atoms with Crippen LogP contribution in [0, 0.1) is 0 Å². The van der Waals surface area contributed by atoms with Crippen LogP contribution in [0.2, 0.25) is 0 Å². The molecule has 1 fully saturated rings. The van der Waals surface area contributed by atoms with E-state index in [1.165, 1.54) is 12.1 Å². The normalized spacial score (nSPS) is 18.7. The maximum absolute atomic E-state index is 11.3. The highest BCUT2D eigenvalue weighted by Crippen LogP contribution is 2.28. The Balaban J connectivity index is 2.24. The fraction of sp³-hybridized carbons (Fsp3) is 0.500. The minimum atomic E-state index is -3.83. The van der Waals surface area contributed by atoms with Crippen molar-refractivity contribution in [3.8, 4) is 0 Å². The van der Waals surface area contributed by atoms with Crippen LogP contribution in [0.3, 0.4) is 0 Å². The molecule has 1 saturated heterocycles. The van der Waals surface area contributed by atoms with Crippen LogP contribution in [-0.4, -0.2) is 38.9 Å². The lowest BCUT2D eigenvalue weighted by molar-refractivity contribution is 0.0380. The first kappa shape index (κ1) is 15.0. The Labute approximate surface area is 118 Å². The lowest BCUT2D eigenvalue weighted by Gasteiger charge is -2.37. The predicted molar refractivity (Wildman–Crippen MR) is 75.7 cm³/mol. The van der Waals surface area contributed by atoms with E-state index in [1.807, 2.05) is 0 Å². The Morgan fingerprint density at radius 1 is 1.35 bits per heavy atom. The topological polar surface area (TPSA) is 128 Å². The summed E-state index contributed by atoms with van der Waals surface area (Å²) in [6.07, 6.45) is 1.33. The zero-order chi connectivity index (χ0) is 14.8.